The third-order valence-corrected chi connectivity index (χ3v) is 3.94. The fourth-order valence-electron chi connectivity index (χ4n) is 2.36. The molecule has 0 unspecified atom stereocenters. The first kappa shape index (κ1) is 19.2. The summed E-state index contributed by atoms with van der Waals surface area (Å²) in [6, 6.07) is 11.4. The second kappa shape index (κ2) is 10.0. The number of hydrogen-bond donors (Lipinski definition) is 2. The summed E-state index contributed by atoms with van der Waals surface area (Å²) in [5, 5.41) is 6.90. The minimum atomic E-state index is -0.0864. The largest absolute Gasteiger partial charge is 0.370 e. The lowest BCUT2D eigenvalue weighted by molar-refractivity contribution is 0.0952. The van der Waals surface area contributed by atoms with Gasteiger partial charge in [-0.05, 0) is 63.3 Å². The molecule has 2 aromatic rings. The van der Waals surface area contributed by atoms with E-state index < -0.39 is 0 Å². The summed E-state index contributed by atoms with van der Waals surface area (Å²) in [4.78, 5) is 18.4. The first-order valence-corrected chi connectivity index (χ1v) is 8.79. The van der Waals surface area contributed by atoms with E-state index >= 15 is 0 Å². The minimum Gasteiger partial charge on any atom is -0.370 e. The molecule has 0 atom stereocenters. The first-order chi connectivity index (χ1) is 12.0. The maximum absolute atomic E-state index is 12.0. The Morgan fingerprint density at radius 2 is 2.04 bits per heavy atom. The minimum absolute atomic E-state index is 0.0864. The maximum Gasteiger partial charge on any atom is 0.252 e. The van der Waals surface area contributed by atoms with E-state index in [4.69, 9.17) is 11.6 Å². The van der Waals surface area contributed by atoms with Crippen LogP contribution in [0.4, 0.5) is 5.82 Å². The average Bonchev–Trinajstić information content (AvgIpc) is 2.59. The molecule has 134 valence electrons. The van der Waals surface area contributed by atoms with E-state index in [1.165, 1.54) is 5.56 Å². The highest BCUT2D eigenvalue weighted by atomic mass is 35.5. The van der Waals surface area contributed by atoms with Gasteiger partial charge in [0.2, 0.25) is 0 Å². The van der Waals surface area contributed by atoms with E-state index in [0.29, 0.717) is 12.1 Å². The van der Waals surface area contributed by atoms with Gasteiger partial charge in [-0.2, -0.15) is 0 Å². The van der Waals surface area contributed by atoms with Crippen LogP contribution in [-0.4, -0.2) is 49.5 Å². The highest BCUT2D eigenvalue weighted by Gasteiger charge is 2.05. The monoisotopic (exact) mass is 360 g/mol. The smallest absolute Gasteiger partial charge is 0.252 e. The lowest BCUT2D eigenvalue weighted by Crippen LogP contribution is -2.27. The number of benzene rings is 1. The van der Waals surface area contributed by atoms with Crippen LogP contribution in [0.2, 0.25) is 5.02 Å². The number of carbonyl (C=O) groups excluding carboxylic acids is 1. The third-order valence-electron chi connectivity index (χ3n) is 3.70. The van der Waals surface area contributed by atoms with Crippen molar-refractivity contribution in [2.45, 2.75) is 12.8 Å². The van der Waals surface area contributed by atoms with E-state index in [1.807, 2.05) is 44.4 Å². The zero-order valence-electron chi connectivity index (χ0n) is 14.8. The van der Waals surface area contributed by atoms with Crippen LogP contribution in [0.25, 0.3) is 0 Å². The lowest BCUT2D eigenvalue weighted by Gasteiger charge is -2.10. The van der Waals surface area contributed by atoms with Crippen molar-refractivity contribution in [3.63, 3.8) is 0 Å². The van der Waals surface area contributed by atoms with Gasteiger partial charge in [0.15, 0.2) is 0 Å². The molecule has 25 heavy (non-hydrogen) atoms. The Kier molecular flexibility index (Phi) is 7.70. The van der Waals surface area contributed by atoms with Crippen LogP contribution >= 0.6 is 11.6 Å². The summed E-state index contributed by atoms with van der Waals surface area (Å²) < 4.78 is 0. The first-order valence-electron chi connectivity index (χ1n) is 8.42. The summed E-state index contributed by atoms with van der Waals surface area (Å²) >= 11 is 5.98. The number of pyridine rings is 1. The Hall–Kier alpha value is -2.11. The molecular weight excluding hydrogens is 336 g/mol. The summed E-state index contributed by atoms with van der Waals surface area (Å²) in [6.45, 7) is 2.37. The molecule has 1 heterocycles. The average molecular weight is 361 g/mol. The van der Waals surface area contributed by atoms with Crippen molar-refractivity contribution in [1.82, 2.24) is 15.2 Å². The van der Waals surface area contributed by atoms with Crippen LogP contribution < -0.4 is 10.6 Å². The van der Waals surface area contributed by atoms with Crippen molar-refractivity contribution in [1.29, 1.82) is 0 Å². The molecule has 2 N–H and O–H groups in total. The van der Waals surface area contributed by atoms with Gasteiger partial charge >= 0.3 is 0 Å². The molecule has 2 rings (SSSR count). The number of halogens is 1. The van der Waals surface area contributed by atoms with Crippen LogP contribution in [-0.2, 0) is 6.42 Å². The maximum atomic E-state index is 12.0. The van der Waals surface area contributed by atoms with Gasteiger partial charge in [0.25, 0.3) is 5.91 Å². The van der Waals surface area contributed by atoms with E-state index in [-0.39, 0.29) is 5.91 Å². The second-order valence-electron chi connectivity index (χ2n) is 6.15. The predicted octanol–water partition coefficient (Wildman–Crippen LogP) is 3.07. The quantitative estimate of drug-likeness (QED) is 0.675. The van der Waals surface area contributed by atoms with Gasteiger partial charge in [-0.25, -0.2) is 4.98 Å². The van der Waals surface area contributed by atoms with Gasteiger partial charge < -0.3 is 15.5 Å². The topological polar surface area (TPSA) is 57.3 Å². The number of aromatic nitrogens is 1. The van der Waals surface area contributed by atoms with Crippen molar-refractivity contribution in [2.75, 3.05) is 39.0 Å². The zero-order chi connectivity index (χ0) is 18.1. The molecule has 0 aliphatic rings. The van der Waals surface area contributed by atoms with Crippen molar-refractivity contribution < 1.29 is 4.79 Å². The number of nitrogens with zero attached hydrogens (tertiary/aromatic N) is 2. The van der Waals surface area contributed by atoms with Crippen molar-refractivity contribution in [3.8, 4) is 0 Å². The van der Waals surface area contributed by atoms with Crippen LogP contribution in [0.1, 0.15) is 22.3 Å². The zero-order valence-corrected chi connectivity index (χ0v) is 15.5. The summed E-state index contributed by atoms with van der Waals surface area (Å²) in [7, 11) is 4.04. The highest BCUT2D eigenvalue weighted by Crippen LogP contribution is 2.11. The van der Waals surface area contributed by atoms with Crippen LogP contribution in [0.5, 0.6) is 0 Å². The molecule has 5 nitrogen and oxygen atoms in total. The molecular formula is C19H25ClN4O. The normalized spacial score (nSPS) is 10.7. The van der Waals surface area contributed by atoms with Gasteiger partial charge in [-0.3, -0.25) is 4.79 Å². The standard InChI is InChI=1S/C19H25ClN4O/c1-24(2)12-4-10-22-19(25)16-7-8-18(23-14-16)21-11-9-15-5-3-6-17(20)13-15/h3,5-8,13-14H,4,9-12H2,1-2H3,(H,21,23)(H,22,25). The van der Waals surface area contributed by atoms with Crippen LogP contribution in [0.15, 0.2) is 42.6 Å². The van der Waals surface area contributed by atoms with E-state index in [9.17, 15) is 4.79 Å². The predicted molar refractivity (Wildman–Crippen MR) is 103 cm³/mol. The molecule has 0 saturated carbocycles. The van der Waals surface area contributed by atoms with Gasteiger partial charge in [0, 0.05) is 24.3 Å². The molecule has 0 spiro atoms. The number of carbonyl (C=O) groups is 1. The van der Waals surface area contributed by atoms with Crippen molar-refractivity contribution >= 4 is 23.3 Å². The number of anilines is 1. The van der Waals surface area contributed by atoms with E-state index in [1.54, 1.807) is 12.3 Å². The second-order valence-corrected chi connectivity index (χ2v) is 6.59. The molecule has 0 aliphatic carbocycles. The van der Waals surface area contributed by atoms with Crippen molar-refractivity contribution in [2.24, 2.45) is 0 Å². The molecule has 0 aliphatic heterocycles. The van der Waals surface area contributed by atoms with Gasteiger partial charge in [-0.15, -0.1) is 0 Å². The Morgan fingerprint density at radius 3 is 2.72 bits per heavy atom. The number of amides is 1. The number of hydrogen-bond acceptors (Lipinski definition) is 4. The summed E-state index contributed by atoms with van der Waals surface area (Å²) in [5.41, 5.74) is 1.75. The molecule has 0 bridgehead atoms. The molecule has 6 heteroatoms. The summed E-state index contributed by atoms with van der Waals surface area (Å²) in [5.74, 6) is 0.669. The molecule has 0 saturated heterocycles. The Balaban J connectivity index is 1.74. The van der Waals surface area contributed by atoms with Crippen LogP contribution in [0.3, 0.4) is 0 Å². The van der Waals surface area contributed by atoms with Crippen molar-refractivity contribution in [3.05, 3.63) is 58.7 Å². The Morgan fingerprint density at radius 1 is 1.20 bits per heavy atom. The fraction of sp³-hybridized carbons (Fsp3) is 0.368. The SMILES string of the molecule is CN(C)CCCNC(=O)c1ccc(NCCc2cccc(Cl)c2)nc1. The van der Waals surface area contributed by atoms with Crippen LogP contribution in [0, 0.1) is 0 Å². The molecule has 0 radical (unpaired) electrons. The highest BCUT2D eigenvalue weighted by molar-refractivity contribution is 6.30. The number of nitrogens with one attached hydrogen (secondary N) is 2. The Labute approximate surface area is 154 Å². The molecule has 0 fully saturated rings. The van der Waals surface area contributed by atoms with Gasteiger partial charge in [0.05, 0.1) is 5.56 Å². The fourth-order valence-corrected chi connectivity index (χ4v) is 2.57. The lowest BCUT2D eigenvalue weighted by atomic mass is 10.1. The summed E-state index contributed by atoms with van der Waals surface area (Å²) in [6.07, 6.45) is 3.38. The van der Waals surface area contributed by atoms with E-state index in [0.717, 1.165) is 36.8 Å². The van der Waals surface area contributed by atoms with Gasteiger partial charge in [-0.1, -0.05) is 23.7 Å². The Bertz CT molecular complexity index is 673. The van der Waals surface area contributed by atoms with E-state index in [2.05, 4.69) is 20.5 Å². The molecule has 1 aromatic carbocycles. The molecule has 1 aromatic heterocycles. The van der Waals surface area contributed by atoms with Gasteiger partial charge in [0.1, 0.15) is 5.82 Å². The molecule has 1 amide bonds. The number of rotatable bonds is 9. The third kappa shape index (κ3) is 7.11.